The van der Waals surface area contributed by atoms with E-state index >= 15 is 0 Å². The number of carboxylic acids is 2. The Balaban J connectivity index is 0. The molecule has 0 saturated carbocycles. The van der Waals surface area contributed by atoms with Gasteiger partial charge in [0.25, 0.3) is 11.9 Å². The van der Waals surface area contributed by atoms with Crippen LogP contribution in [0.25, 0.3) is 6.08 Å². The molecule has 0 fully saturated rings. The lowest BCUT2D eigenvalue weighted by Gasteiger charge is -1.93. The molecule has 6 nitrogen and oxygen atoms in total. The molecule has 1 rings (SSSR count). The number of aliphatic hydroxyl groups excluding tert-OH is 1. The fourth-order valence-electron chi connectivity index (χ4n) is 0.761. The van der Waals surface area contributed by atoms with Crippen LogP contribution in [-0.2, 0) is 9.59 Å². The minimum absolute atomic E-state index is 0.833. The van der Waals surface area contributed by atoms with E-state index in [2.05, 4.69) is 0 Å². The lowest BCUT2D eigenvalue weighted by Crippen LogP contribution is -1.96. The van der Waals surface area contributed by atoms with Crippen molar-refractivity contribution in [2.45, 2.75) is 20.1 Å². The monoisotopic (exact) mass is 270 g/mol. The van der Waals surface area contributed by atoms with Crippen molar-refractivity contribution in [1.29, 1.82) is 0 Å². The minimum atomic E-state index is -1.37. The van der Waals surface area contributed by atoms with Crippen LogP contribution in [0.4, 0.5) is 0 Å². The molecular formula is C13H18O6. The van der Waals surface area contributed by atoms with E-state index in [4.69, 9.17) is 30.0 Å². The molecule has 0 aromatic heterocycles. The quantitative estimate of drug-likeness (QED) is 0.600. The van der Waals surface area contributed by atoms with E-state index in [0.717, 1.165) is 19.4 Å². The van der Waals surface area contributed by atoms with Gasteiger partial charge in [0.1, 0.15) is 0 Å². The van der Waals surface area contributed by atoms with Crippen LogP contribution in [0.2, 0.25) is 0 Å². The number of hydrogen-bond donors (Lipinski definition) is 4. The fourth-order valence-corrected chi connectivity index (χ4v) is 0.761. The number of rotatable bonds is 2. The number of carbonyl (C=O) groups is 2. The van der Waals surface area contributed by atoms with Gasteiger partial charge in [-0.25, -0.2) is 0 Å². The highest BCUT2D eigenvalue weighted by atomic mass is 16.5. The molecule has 0 amide bonds. The molecule has 0 saturated heterocycles. The molecular weight excluding hydrogens is 252 g/mol. The van der Waals surface area contributed by atoms with Gasteiger partial charge in [-0.3, -0.25) is 9.59 Å². The van der Waals surface area contributed by atoms with Crippen molar-refractivity contribution in [3.8, 4) is 0 Å². The van der Waals surface area contributed by atoms with Gasteiger partial charge in [-0.15, -0.1) is 0 Å². The van der Waals surface area contributed by atoms with Crippen molar-refractivity contribution in [3.63, 3.8) is 0 Å². The van der Waals surface area contributed by atoms with Gasteiger partial charge in [0.2, 0.25) is 0 Å². The van der Waals surface area contributed by atoms with Crippen LogP contribution in [-0.4, -0.2) is 38.7 Å². The van der Waals surface area contributed by atoms with Crippen molar-refractivity contribution < 1.29 is 30.0 Å². The van der Waals surface area contributed by atoms with E-state index in [1.54, 1.807) is 6.08 Å². The van der Waals surface area contributed by atoms with E-state index in [0.29, 0.717) is 0 Å². The van der Waals surface area contributed by atoms with Gasteiger partial charge in [0, 0.05) is 13.8 Å². The Hall–Kier alpha value is -2.18. The highest BCUT2D eigenvalue weighted by molar-refractivity contribution is 5.63. The van der Waals surface area contributed by atoms with Gasteiger partial charge < -0.3 is 20.4 Å². The molecule has 0 aliphatic carbocycles. The Morgan fingerprint density at radius 3 is 1.68 bits per heavy atom. The first-order valence-corrected chi connectivity index (χ1v) is 5.24. The Bertz CT molecular complexity index is 363. The first kappa shape index (κ1) is 19.2. The van der Waals surface area contributed by atoms with Crippen LogP contribution < -0.4 is 0 Å². The van der Waals surface area contributed by atoms with Crippen LogP contribution >= 0.6 is 0 Å². The Kier molecular flexibility index (Phi) is 12.4. The highest BCUT2D eigenvalue weighted by Gasteiger charge is 1.86. The average molecular weight is 270 g/mol. The number of aliphatic hydroxyl groups is 2. The number of aliphatic carboxylic acids is 2. The van der Waals surface area contributed by atoms with Gasteiger partial charge in [0.15, 0.2) is 6.29 Å². The molecule has 0 unspecified atom stereocenters. The van der Waals surface area contributed by atoms with Gasteiger partial charge >= 0.3 is 0 Å². The van der Waals surface area contributed by atoms with Crippen LogP contribution in [0.3, 0.4) is 0 Å². The summed E-state index contributed by atoms with van der Waals surface area (Å²) < 4.78 is 0. The molecule has 0 aliphatic heterocycles. The molecule has 6 heteroatoms. The van der Waals surface area contributed by atoms with Crippen LogP contribution in [0.1, 0.15) is 19.4 Å². The number of carboxylic acid groups (broad SMARTS) is 2. The highest BCUT2D eigenvalue weighted by Crippen LogP contribution is 2.00. The van der Waals surface area contributed by atoms with E-state index < -0.39 is 18.2 Å². The third kappa shape index (κ3) is 25.8. The smallest absolute Gasteiger partial charge is 0.300 e. The van der Waals surface area contributed by atoms with E-state index in [1.807, 2.05) is 30.3 Å². The van der Waals surface area contributed by atoms with Crippen molar-refractivity contribution in [1.82, 2.24) is 0 Å². The molecule has 4 N–H and O–H groups in total. The standard InChI is InChI=1S/C9H10O2.2C2H4O2/c10-9(11)7-6-8-4-2-1-3-5-8;2*1-2(3)4/h1-7,9-11H;2*1H3,(H,3,4). The summed E-state index contributed by atoms with van der Waals surface area (Å²) in [4.78, 5) is 18.0. The molecule has 19 heavy (non-hydrogen) atoms. The molecule has 0 bridgehead atoms. The van der Waals surface area contributed by atoms with Crippen molar-refractivity contribution in [2.75, 3.05) is 0 Å². The molecule has 0 aliphatic rings. The second-order valence-electron chi connectivity index (χ2n) is 3.22. The summed E-state index contributed by atoms with van der Waals surface area (Å²) in [7, 11) is 0. The molecule has 106 valence electrons. The Morgan fingerprint density at radius 2 is 1.37 bits per heavy atom. The molecule has 0 radical (unpaired) electrons. The molecule has 0 spiro atoms. The van der Waals surface area contributed by atoms with Crippen LogP contribution in [0.5, 0.6) is 0 Å². The van der Waals surface area contributed by atoms with Crippen molar-refractivity contribution >= 4 is 18.0 Å². The third-order valence-electron chi connectivity index (χ3n) is 1.26. The zero-order valence-electron chi connectivity index (χ0n) is 10.7. The first-order chi connectivity index (χ1) is 8.75. The van der Waals surface area contributed by atoms with Crippen molar-refractivity contribution in [3.05, 3.63) is 42.0 Å². The summed E-state index contributed by atoms with van der Waals surface area (Å²) in [6.07, 6.45) is 1.61. The van der Waals surface area contributed by atoms with Gasteiger partial charge in [-0.05, 0) is 11.6 Å². The van der Waals surface area contributed by atoms with Crippen molar-refractivity contribution in [2.24, 2.45) is 0 Å². The second-order valence-corrected chi connectivity index (χ2v) is 3.22. The lowest BCUT2D eigenvalue weighted by atomic mass is 10.2. The maximum atomic E-state index is 9.00. The minimum Gasteiger partial charge on any atom is -0.481 e. The molecule has 0 atom stereocenters. The predicted molar refractivity (Wildman–Crippen MR) is 70.3 cm³/mol. The fraction of sp³-hybridized carbons (Fsp3) is 0.231. The Labute approximate surface area is 111 Å². The number of benzene rings is 1. The maximum absolute atomic E-state index is 9.00. The van der Waals surface area contributed by atoms with Crippen LogP contribution in [0.15, 0.2) is 36.4 Å². The third-order valence-corrected chi connectivity index (χ3v) is 1.26. The summed E-state index contributed by atoms with van der Waals surface area (Å²) in [6.45, 7) is 2.17. The Morgan fingerprint density at radius 1 is 1.00 bits per heavy atom. The largest absolute Gasteiger partial charge is 0.481 e. The van der Waals surface area contributed by atoms with Gasteiger partial charge in [0.05, 0.1) is 0 Å². The summed E-state index contributed by atoms with van der Waals surface area (Å²) in [5, 5.41) is 31.8. The number of hydrogen-bond acceptors (Lipinski definition) is 4. The first-order valence-electron chi connectivity index (χ1n) is 5.24. The summed E-state index contributed by atoms with van der Waals surface area (Å²) in [5.41, 5.74) is 0.959. The predicted octanol–water partition coefficient (Wildman–Crippen LogP) is 1.19. The second kappa shape index (κ2) is 12.3. The van der Waals surface area contributed by atoms with Crippen LogP contribution in [0, 0.1) is 0 Å². The van der Waals surface area contributed by atoms with E-state index in [9.17, 15) is 0 Å². The van der Waals surface area contributed by atoms with E-state index in [-0.39, 0.29) is 0 Å². The summed E-state index contributed by atoms with van der Waals surface area (Å²) in [5.74, 6) is -1.67. The van der Waals surface area contributed by atoms with Gasteiger partial charge in [-0.1, -0.05) is 36.4 Å². The summed E-state index contributed by atoms with van der Waals surface area (Å²) in [6, 6.07) is 9.47. The zero-order chi connectivity index (χ0) is 15.3. The van der Waals surface area contributed by atoms with E-state index in [1.165, 1.54) is 6.08 Å². The molecule has 1 aromatic carbocycles. The molecule has 1 aromatic rings. The normalized spacial score (nSPS) is 9.11. The zero-order valence-corrected chi connectivity index (χ0v) is 10.7. The molecule has 0 heterocycles. The lowest BCUT2D eigenvalue weighted by molar-refractivity contribution is -0.135. The summed E-state index contributed by atoms with van der Waals surface area (Å²) >= 11 is 0. The maximum Gasteiger partial charge on any atom is 0.300 e. The van der Waals surface area contributed by atoms with Gasteiger partial charge in [-0.2, -0.15) is 0 Å². The topological polar surface area (TPSA) is 115 Å². The average Bonchev–Trinajstić information content (AvgIpc) is 2.26. The SMILES string of the molecule is CC(=O)O.CC(=O)O.OC(O)C=Cc1ccccc1.